The summed E-state index contributed by atoms with van der Waals surface area (Å²) in [7, 11) is 0. The first-order chi connectivity index (χ1) is 11.8. The second-order valence-corrected chi connectivity index (χ2v) is 6.46. The maximum Gasteiger partial charge on any atom is 0.434 e. The van der Waals surface area contributed by atoms with Gasteiger partial charge in [-0.25, -0.2) is 4.98 Å². The minimum Gasteiger partial charge on any atom is -0.298 e. The van der Waals surface area contributed by atoms with E-state index in [1.807, 2.05) is 0 Å². The average molecular weight is 383 g/mol. The fraction of sp³-hybridized carbons (Fsp3) is 0.0588. The number of thiazole rings is 1. The predicted molar refractivity (Wildman–Crippen MR) is 92.0 cm³/mol. The molecule has 8 heteroatoms. The molecule has 3 nitrogen and oxygen atoms in total. The highest BCUT2D eigenvalue weighted by Crippen LogP contribution is 2.41. The molecule has 0 fully saturated rings. The van der Waals surface area contributed by atoms with E-state index in [4.69, 9.17) is 11.6 Å². The van der Waals surface area contributed by atoms with Crippen molar-refractivity contribution in [2.24, 2.45) is 0 Å². The zero-order chi connectivity index (χ0) is 18.0. The molecule has 3 aromatic rings. The minimum absolute atomic E-state index is 0.0468. The summed E-state index contributed by atoms with van der Waals surface area (Å²) in [6.45, 7) is 0. The van der Waals surface area contributed by atoms with Gasteiger partial charge in [-0.15, -0.1) is 0 Å². The third-order valence-electron chi connectivity index (χ3n) is 3.24. The Balaban J connectivity index is 1.95. The van der Waals surface area contributed by atoms with Gasteiger partial charge in [0.15, 0.2) is 10.8 Å². The standard InChI is InChI=1S/C17H10ClF3N2OS/c18-12-8-4-7-11(9-12)15(24)23-16-22-14(17(19,20)21)13(25-16)10-5-2-1-3-6-10/h1-9H,(H,22,23,24). The lowest BCUT2D eigenvalue weighted by Gasteiger charge is -2.05. The van der Waals surface area contributed by atoms with Gasteiger partial charge in [0.05, 0.1) is 4.88 Å². The molecule has 0 aliphatic rings. The van der Waals surface area contributed by atoms with Gasteiger partial charge in [-0.3, -0.25) is 10.1 Å². The number of nitrogens with zero attached hydrogens (tertiary/aromatic N) is 1. The van der Waals surface area contributed by atoms with Crippen LogP contribution < -0.4 is 5.32 Å². The van der Waals surface area contributed by atoms with Crippen LogP contribution in [-0.4, -0.2) is 10.9 Å². The number of hydrogen-bond acceptors (Lipinski definition) is 3. The Labute approximate surface area is 150 Å². The van der Waals surface area contributed by atoms with Crippen LogP contribution in [0.3, 0.4) is 0 Å². The van der Waals surface area contributed by atoms with Crippen LogP contribution >= 0.6 is 22.9 Å². The molecule has 0 bridgehead atoms. The quantitative estimate of drug-likeness (QED) is 0.628. The Morgan fingerprint density at radius 3 is 2.44 bits per heavy atom. The molecular formula is C17H10ClF3N2OS. The molecule has 0 saturated heterocycles. The SMILES string of the molecule is O=C(Nc1nc(C(F)(F)F)c(-c2ccccc2)s1)c1cccc(Cl)c1. The van der Waals surface area contributed by atoms with Crippen LogP contribution in [0.25, 0.3) is 10.4 Å². The van der Waals surface area contributed by atoms with Crippen molar-refractivity contribution in [3.05, 3.63) is 70.9 Å². The van der Waals surface area contributed by atoms with Gasteiger partial charge in [-0.05, 0) is 23.8 Å². The molecule has 1 amide bonds. The number of halogens is 4. The molecule has 0 saturated carbocycles. The van der Waals surface area contributed by atoms with E-state index in [1.54, 1.807) is 42.5 Å². The van der Waals surface area contributed by atoms with Gasteiger partial charge in [0.1, 0.15) is 0 Å². The zero-order valence-electron chi connectivity index (χ0n) is 12.5. The number of carbonyl (C=O) groups is 1. The molecule has 128 valence electrons. The molecule has 0 aliphatic heterocycles. The van der Waals surface area contributed by atoms with E-state index in [9.17, 15) is 18.0 Å². The van der Waals surface area contributed by atoms with Crippen molar-refractivity contribution < 1.29 is 18.0 Å². The largest absolute Gasteiger partial charge is 0.434 e. The van der Waals surface area contributed by atoms with Crippen molar-refractivity contribution >= 4 is 34.0 Å². The second-order valence-electron chi connectivity index (χ2n) is 5.03. The van der Waals surface area contributed by atoms with E-state index < -0.39 is 17.8 Å². The number of hydrogen-bond donors (Lipinski definition) is 1. The highest BCUT2D eigenvalue weighted by molar-refractivity contribution is 7.19. The molecule has 0 spiro atoms. The van der Waals surface area contributed by atoms with Crippen molar-refractivity contribution in [3.8, 4) is 10.4 Å². The van der Waals surface area contributed by atoms with E-state index in [0.29, 0.717) is 10.6 Å². The van der Waals surface area contributed by atoms with Gasteiger partial charge in [-0.2, -0.15) is 13.2 Å². The summed E-state index contributed by atoms with van der Waals surface area (Å²) in [5.41, 5.74) is -0.404. The van der Waals surface area contributed by atoms with Crippen LogP contribution in [0.2, 0.25) is 5.02 Å². The number of anilines is 1. The first kappa shape index (κ1) is 17.4. The van der Waals surface area contributed by atoms with Crippen molar-refractivity contribution in [1.29, 1.82) is 0 Å². The maximum atomic E-state index is 13.3. The van der Waals surface area contributed by atoms with E-state index in [-0.39, 0.29) is 15.6 Å². The van der Waals surface area contributed by atoms with Crippen molar-refractivity contribution in [3.63, 3.8) is 0 Å². The van der Waals surface area contributed by atoms with Gasteiger partial charge < -0.3 is 0 Å². The van der Waals surface area contributed by atoms with Crippen LogP contribution in [0, 0.1) is 0 Å². The van der Waals surface area contributed by atoms with Crippen molar-refractivity contribution in [2.45, 2.75) is 6.18 Å². The van der Waals surface area contributed by atoms with Gasteiger partial charge in [0, 0.05) is 10.6 Å². The fourth-order valence-corrected chi connectivity index (χ4v) is 3.33. The third-order valence-corrected chi connectivity index (χ3v) is 4.49. The zero-order valence-corrected chi connectivity index (χ0v) is 14.0. The van der Waals surface area contributed by atoms with Gasteiger partial charge in [-0.1, -0.05) is 59.3 Å². The molecule has 0 unspecified atom stereocenters. The Kier molecular flexibility index (Phi) is 4.78. The number of carbonyl (C=O) groups excluding carboxylic acids is 1. The minimum atomic E-state index is -4.62. The topological polar surface area (TPSA) is 42.0 Å². The van der Waals surface area contributed by atoms with Gasteiger partial charge in [0.25, 0.3) is 5.91 Å². The lowest BCUT2D eigenvalue weighted by molar-refractivity contribution is -0.140. The molecule has 25 heavy (non-hydrogen) atoms. The average Bonchev–Trinajstić information content (AvgIpc) is 3.00. The van der Waals surface area contributed by atoms with E-state index in [2.05, 4.69) is 10.3 Å². The number of amides is 1. The van der Waals surface area contributed by atoms with Crippen LogP contribution in [0.5, 0.6) is 0 Å². The van der Waals surface area contributed by atoms with E-state index >= 15 is 0 Å². The highest BCUT2D eigenvalue weighted by atomic mass is 35.5. The van der Waals surface area contributed by atoms with E-state index in [1.165, 1.54) is 12.1 Å². The Hall–Kier alpha value is -2.38. The summed E-state index contributed by atoms with van der Waals surface area (Å²) < 4.78 is 39.8. The molecule has 2 aromatic carbocycles. The molecule has 1 heterocycles. The van der Waals surface area contributed by atoms with Crippen molar-refractivity contribution in [2.75, 3.05) is 5.32 Å². The van der Waals surface area contributed by atoms with Crippen LogP contribution in [0.1, 0.15) is 16.1 Å². The highest BCUT2D eigenvalue weighted by Gasteiger charge is 2.38. The first-order valence-electron chi connectivity index (χ1n) is 7.05. The predicted octanol–water partition coefficient (Wildman–Crippen LogP) is 5.73. The Morgan fingerprint density at radius 1 is 1.08 bits per heavy atom. The first-order valence-corrected chi connectivity index (χ1v) is 8.24. The number of nitrogens with one attached hydrogen (secondary N) is 1. The van der Waals surface area contributed by atoms with E-state index in [0.717, 1.165) is 11.3 Å². The lowest BCUT2D eigenvalue weighted by atomic mass is 10.1. The lowest BCUT2D eigenvalue weighted by Crippen LogP contribution is -2.12. The monoisotopic (exact) mass is 382 g/mol. The van der Waals surface area contributed by atoms with Crippen molar-refractivity contribution in [1.82, 2.24) is 4.98 Å². The molecule has 1 aromatic heterocycles. The smallest absolute Gasteiger partial charge is 0.298 e. The molecule has 3 rings (SSSR count). The number of benzene rings is 2. The van der Waals surface area contributed by atoms with Crippen LogP contribution in [-0.2, 0) is 6.18 Å². The molecule has 0 radical (unpaired) electrons. The third kappa shape index (κ3) is 4.00. The van der Waals surface area contributed by atoms with Crippen LogP contribution in [0.4, 0.5) is 18.3 Å². The maximum absolute atomic E-state index is 13.3. The summed E-state index contributed by atoms with van der Waals surface area (Å²) in [5, 5.41) is 2.62. The van der Waals surface area contributed by atoms with Gasteiger partial charge in [0.2, 0.25) is 0 Å². The Bertz CT molecular complexity index is 910. The second kappa shape index (κ2) is 6.85. The Morgan fingerprint density at radius 2 is 1.80 bits per heavy atom. The fourth-order valence-electron chi connectivity index (χ4n) is 2.15. The number of rotatable bonds is 3. The molecule has 1 N–H and O–H groups in total. The van der Waals surface area contributed by atoms with Crippen LogP contribution in [0.15, 0.2) is 54.6 Å². The summed E-state index contributed by atoms with van der Waals surface area (Å²) in [4.78, 5) is 15.7. The van der Waals surface area contributed by atoms with Gasteiger partial charge >= 0.3 is 6.18 Å². The molecule has 0 aliphatic carbocycles. The number of alkyl halides is 3. The summed E-state index contributed by atoms with van der Waals surface area (Å²) in [5.74, 6) is -0.579. The molecule has 0 atom stereocenters. The summed E-state index contributed by atoms with van der Waals surface area (Å²) >= 11 is 6.59. The summed E-state index contributed by atoms with van der Waals surface area (Å²) in [6, 6.07) is 14.2. The molecular weight excluding hydrogens is 373 g/mol. The summed E-state index contributed by atoms with van der Waals surface area (Å²) in [6.07, 6.45) is -4.62. The normalized spacial score (nSPS) is 11.4. The number of aromatic nitrogens is 1.